The van der Waals surface area contributed by atoms with Gasteiger partial charge < -0.3 is 0 Å². The third-order valence-electron chi connectivity index (χ3n) is 2.62. The summed E-state index contributed by atoms with van der Waals surface area (Å²) in [6, 6.07) is 12.2. The second-order valence-corrected chi connectivity index (χ2v) is 4.02. The monoisotopic (exact) mass is 232 g/mol. The van der Waals surface area contributed by atoms with Crippen LogP contribution in [0.4, 0.5) is 0 Å². The predicted octanol–water partition coefficient (Wildman–Crippen LogP) is 3.67. The summed E-state index contributed by atoms with van der Waals surface area (Å²) >= 11 is 5.88. The molecule has 0 amide bonds. The quantitative estimate of drug-likeness (QED) is 0.755. The van der Waals surface area contributed by atoms with E-state index >= 15 is 0 Å². The lowest BCUT2D eigenvalue weighted by Gasteiger charge is -2.14. The Morgan fingerprint density at radius 2 is 1.94 bits per heavy atom. The molecule has 0 bridgehead atoms. The lowest BCUT2D eigenvalue weighted by molar-refractivity contribution is 0.745. The Kier molecular flexibility index (Phi) is 3.52. The summed E-state index contributed by atoms with van der Waals surface area (Å²) in [5, 5.41) is 0.499. The fourth-order valence-electron chi connectivity index (χ4n) is 1.84. The summed E-state index contributed by atoms with van der Waals surface area (Å²) in [4.78, 5) is 8.20. The molecule has 0 saturated carbocycles. The minimum atomic E-state index is 0.293. The van der Waals surface area contributed by atoms with Crippen LogP contribution in [0.1, 0.15) is 30.5 Å². The third kappa shape index (κ3) is 2.39. The first-order valence-corrected chi connectivity index (χ1v) is 5.71. The van der Waals surface area contributed by atoms with E-state index in [2.05, 4.69) is 29.0 Å². The van der Waals surface area contributed by atoms with Crippen LogP contribution in [0, 0.1) is 0 Å². The summed E-state index contributed by atoms with van der Waals surface area (Å²) in [6.07, 6.45) is 2.51. The van der Waals surface area contributed by atoms with Crippen LogP contribution in [0.25, 0.3) is 0 Å². The highest BCUT2D eigenvalue weighted by Gasteiger charge is 2.13. The van der Waals surface area contributed by atoms with Gasteiger partial charge in [-0.15, -0.1) is 0 Å². The van der Waals surface area contributed by atoms with Crippen molar-refractivity contribution in [2.75, 3.05) is 0 Å². The van der Waals surface area contributed by atoms with Crippen molar-refractivity contribution in [2.45, 2.75) is 19.3 Å². The Labute approximate surface area is 100 Å². The van der Waals surface area contributed by atoms with Gasteiger partial charge in [-0.3, -0.25) is 0 Å². The van der Waals surface area contributed by atoms with Gasteiger partial charge in [0.15, 0.2) is 0 Å². The Morgan fingerprint density at radius 3 is 2.56 bits per heavy atom. The zero-order chi connectivity index (χ0) is 11.4. The van der Waals surface area contributed by atoms with E-state index in [0.29, 0.717) is 11.1 Å². The molecule has 0 spiro atoms. The summed E-state index contributed by atoms with van der Waals surface area (Å²) in [5.41, 5.74) is 2.24. The van der Waals surface area contributed by atoms with Crippen LogP contribution >= 0.6 is 11.6 Å². The highest BCUT2D eigenvalue weighted by atomic mass is 35.5. The van der Waals surface area contributed by atoms with Crippen LogP contribution in [-0.2, 0) is 0 Å². The van der Waals surface area contributed by atoms with Crippen molar-refractivity contribution in [3.63, 3.8) is 0 Å². The van der Waals surface area contributed by atoms with Crippen LogP contribution in [0.15, 0.2) is 42.7 Å². The van der Waals surface area contributed by atoms with Gasteiger partial charge in [0.05, 0.1) is 5.69 Å². The molecule has 1 aromatic heterocycles. The Balaban J connectivity index is 2.37. The molecule has 0 aliphatic carbocycles. The van der Waals surface area contributed by atoms with Crippen molar-refractivity contribution in [2.24, 2.45) is 0 Å². The molecule has 0 fully saturated rings. The van der Waals surface area contributed by atoms with Crippen LogP contribution in [0.5, 0.6) is 0 Å². The van der Waals surface area contributed by atoms with Gasteiger partial charge in [0, 0.05) is 5.92 Å². The Hall–Kier alpha value is -1.41. The van der Waals surface area contributed by atoms with Gasteiger partial charge in [-0.2, -0.15) is 0 Å². The molecule has 0 radical (unpaired) electrons. The zero-order valence-corrected chi connectivity index (χ0v) is 9.85. The first-order valence-electron chi connectivity index (χ1n) is 5.33. The van der Waals surface area contributed by atoms with E-state index in [1.54, 1.807) is 0 Å². The molecule has 1 aromatic carbocycles. The second kappa shape index (κ2) is 5.08. The molecule has 82 valence electrons. The molecule has 1 unspecified atom stereocenters. The van der Waals surface area contributed by atoms with E-state index in [1.165, 1.54) is 11.9 Å². The molecule has 3 heteroatoms. The maximum Gasteiger partial charge on any atom is 0.132 e. The van der Waals surface area contributed by atoms with Gasteiger partial charge in [-0.05, 0) is 18.1 Å². The molecule has 1 atom stereocenters. The summed E-state index contributed by atoms with van der Waals surface area (Å²) in [6.45, 7) is 2.15. The minimum Gasteiger partial charge on any atom is -0.241 e. The van der Waals surface area contributed by atoms with Crippen molar-refractivity contribution < 1.29 is 0 Å². The van der Waals surface area contributed by atoms with Crippen molar-refractivity contribution in [3.05, 3.63) is 59.1 Å². The molecule has 2 aromatic rings. The smallest absolute Gasteiger partial charge is 0.132 e. The van der Waals surface area contributed by atoms with Gasteiger partial charge in [0.1, 0.15) is 11.5 Å². The summed E-state index contributed by atoms with van der Waals surface area (Å²) < 4.78 is 0. The standard InChI is InChI=1S/C13H13ClN2/c1-2-11(10-6-4-3-5-7-10)12-8-13(14)16-9-15-12/h3-9,11H,2H2,1H3. The van der Waals surface area contributed by atoms with E-state index in [9.17, 15) is 0 Å². The zero-order valence-electron chi connectivity index (χ0n) is 9.10. The van der Waals surface area contributed by atoms with Crippen molar-refractivity contribution >= 4 is 11.6 Å². The average molecular weight is 233 g/mol. The average Bonchev–Trinajstić information content (AvgIpc) is 2.31. The molecule has 2 nitrogen and oxygen atoms in total. The van der Waals surface area contributed by atoms with Crippen molar-refractivity contribution in [1.82, 2.24) is 9.97 Å². The highest BCUT2D eigenvalue weighted by Crippen LogP contribution is 2.26. The molecular formula is C13H13ClN2. The lowest BCUT2D eigenvalue weighted by Crippen LogP contribution is -2.02. The Bertz CT molecular complexity index is 456. The third-order valence-corrected chi connectivity index (χ3v) is 2.83. The van der Waals surface area contributed by atoms with Crippen LogP contribution in [0.3, 0.4) is 0 Å². The van der Waals surface area contributed by atoms with E-state index in [-0.39, 0.29) is 0 Å². The minimum absolute atomic E-state index is 0.293. The fraction of sp³-hybridized carbons (Fsp3) is 0.231. The second-order valence-electron chi connectivity index (χ2n) is 3.64. The Morgan fingerprint density at radius 1 is 1.19 bits per heavy atom. The first kappa shape index (κ1) is 11.1. The molecule has 0 aliphatic rings. The van der Waals surface area contributed by atoms with Crippen LogP contribution in [0.2, 0.25) is 5.15 Å². The van der Waals surface area contributed by atoms with Gasteiger partial charge in [-0.1, -0.05) is 48.9 Å². The number of hydrogen-bond donors (Lipinski definition) is 0. The number of nitrogens with zero attached hydrogens (tertiary/aromatic N) is 2. The molecular weight excluding hydrogens is 220 g/mol. The van der Waals surface area contributed by atoms with E-state index in [0.717, 1.165) is 12.1 Å². The maximum atomic E-state index is 5.88. The van der Waals surface area contributed by atoms with Crippen LogP contribution < -0.4 is 0 Å². The maximum absolute atomic E-state index is 5.88. The highest BCUT2D eigenvalue weighted by molar-refractivity contribution is 6.29. The topological polar surface area (TPSA) is 25.8 Å². The number of rotatable bonds is 3. The van der Waals surface area contributed by atoms with E-state index in [4.69, 9.17) is 11.6 Å². The first-order chi connectivity index (χ1) is 7.81. The molecule has 16 heavy (non-hydrogen) atoms. The lowest BCUT2D eigenvalue weighted by atomic mass is 9.93. The molecule has 0 saturated heterocycles. The number of aromatic nitrogens is 2. The number of benzene rings is 1. The number of hydrogen-bond acceptors (Lipinski definition) is 2. The van der Waals surface area contributed by atoms with Gasteiger partial charge >= 0.3 is 0 Å². The molecule has 2 rings (SSSR count). The van der Waals surface area contributed by atoms with Gasteiger partial charge in [0.2, 0.25) is 0 Å². The number of halogens is 1. The van der Waals surface area contributed by atoms with E-state index in [1.807, 2.05) is 24.3 Å². The van der Waals surface area contributed by atoms with Gasteiger partial charge in [0.25, 0.3) is 0 Å². The fourth-order valence-corrected chi connectivity index (χ4v) is 1.99. The van der Waals surface area contributed by atoms with E-state index < -0.39 is 0 Å². The summed E-state index contributed by atoms with van der Waals surface area (Å²) in [7, 11) is 0. The van der Waals surface area contributed by atoms with Crippen LogP contribution in [-0.4, -0.2) is 9.97 Å². The molecule has 0 N–H and O–H groups in total. The summed E-state index contributed by atoms with van der Waals surface area (Å²) in [5.74, 6) is 0.293. The largest absolute Gasteiger partial charge is 0.241 e. The normalized spacial score (nSPS) is 12.4. The SMILES string of the molecule is CCC(c1ccccc1)c1cc(Cl)ncn1. The predicted molar refractivity (Wildman–Crippen MR) is 65.6 cm³/mol. The van der Waals surface area contributed by atoms with Gasteiger partial charge in [-0.25, -0.2) is 9.97 Å². The molecule has 0 aliphatic heterocycles. The van der Waals surface area contributed by atoms with Crippen molar-refractivity contribution in [1.29, 1.82) is 0 Å². The van der Waals surface area contributed by atoms with Crippen molar-refractivity contribution in [3.8, 4) is 0 Å². The molecule has 1 heterocycles.